The van der Waals surface area contributed by atoms with Crippen molar-refractivity contribution in [2.45, 2.75) is 25.6 Å². The molecule has 3 heterocycles. The lowest BCUT2D eigenvalue weighted by atomic mass is 10.1. The van der Waals surface area contributed by atoms with Crippen LogP contribution in [0.4, 0.5) is 26.3 Å². The number of ketones is 2. The minimum absolute atomic E-state index is 0.152. The number of nitrogens with zero attached hydrogens (tertiary/aromatic N) is 1. The van der Waals surface area contributed by atoms with Crippen LogP contribution in [0.5, 0.6) is 0 Å². The van der Waals surface area contributed by atoms with Crippen molar-refractivity contribution in [1.29, 1.82) is 0 Å². The van der Waals surface area contributed by atoms with Crippen LogP contribution in [0.1, 0.15) is 32.8 Å². The highest BCUT2D eigenvalue weighted by molar-refractivity contribution is 9.11. The van der Waals surface area contributed by atoms with Crippen molar-refractivity contribution in [3.05, 3.63) is 107 Å². The number of carbonyl (C=O) groups excluding carboxylic acids is 2. The van der Waals surface area contributed by atoms with Gasteiger partial charge in [-0.1, -0.05) is 53.5 Å². The van der Waals surface area contributed by atoms with Crippen LogP contribution in [0.3, 0.4) is 0 Å². The predicted octanol–water partition coefficient (Wildman–Crippen LogP) is 11.4. The van der Waals surface area contributed by atoms with E-state index in [1.807, 2.05) is 0 Å². The summed E-state index contributed by atoms with van der Waals surface area (Å²) >= 11 is 21.1. The van der Waals surface area contributed by atoms with Crippen LogP contribution in [-0.4, -0.2) is 45.7 Å². The third-order valence-electron chi connectivity index (χ3n) is 5.65. The van der Waals surface area contributed by atoms with E-state index < -0.39 is 36.0 Å². The molecule has 1 unspecified atom stereocenters. The molecule has 0 amide bonds. The van der Waals surface area contributed by atoms with Gasteiger partial charge in [0.05, 0.1) is 38.8 Å². The van der Waals surface area contributed by atoms with Gasteiger partial charge in [0.25, 0.3) is 6.29 Å². The van der Waals surface area contributed by atoms with E-state index in [9.17, 15) is 35.9 Å². The number of benzene rings is 2. The Morgan fingerprint density at radius 2 is 1.46 bits per heavy atom. The lowest BCUT2D eigenvalue weighted by Gasteiger charge is -2.12. The lowest BCUT2D eigenvalue weighted by molar-refractivity contribution is -0.292. The van der Waals surface area contributed by atoms with Crippen LogP contribution in [0, 0.1) is 0 Å². The average molecular weight is 881 g/mol. The molecule has 2 N–H and O–H groups in total. The number of hydrogen-bond acceptors (Lipinski definition) is 7. The molecule has 5 rings (SSSR count). The molecule has 256 valence electrons. The summed E-state index contributed by atoms with van der Waals surface area (Å²) in [6.45, 7) is 1.22. The number of halogens is 10. The number of nitrogens with one attached hydrogen (secondary N) is 1. The molecule has 3 aromatic heterocycles. The number of aliphatic hydroxyl groups is 1. The fraction of sp³-hybridized carbons (Fsp3) is 0.167. The number of ether oxygens (including phenoxy) is 1. The first-order valence-electron chi connectivity index (χ1n) is 13.1. The number of aromatic nitrogens is 2. The van der Waals surface area contributed by atoms with Crippen molar-refractivity contribution in [1.82, 2.24) is 9.97 Å². The SMILES string of the molecule is CCOC(O)C(F)(F)F.FC(F)(F)c1nc(-c2ccccc2Cl)c(-c2ccc(Br)s2)[nH]1.O=C(C(=O)c1ccccc1Cl)c1ccc(Br)s1. The van der Waals surface area contributed by atoms with Crippen molar-refractivity contribution >= 4 is 89.3 Å². The van der Waals surface area contributed by atoms with E-state index in [-0.39, 0.29) is 17.9 Å². The van der Waals surface area contributed by atoms with Crippen LogP contribution in [0.15, 0.2) is 80.4 Å². The Bertz CT molecular complexity index is 1860. The van der Waals surface area contributed by atoms with E-state index in [2.05, 4.69) is 46.6 Å². The maximum absolute atomic E-state index is 13.0. The van der Waals surface area contributed by atoms with Crippen molar-refractivity contribution in [3.8, 4) is 21.8 Å². The highest BCUT2D eigenvalue weighted by Crippen LogP contribution is 2.41. The van der Waals surface area contributed by atoms with E-state index in [0.717, 1.165) is 7.57 Å². The molecule has 6 nitrogen and oxygen atoms in total. The molecule has 0 spiro atoms. The number of aromatic amines is 1. The fourth-order valence-electron chi connectivity index (χ4n) is 3.55. The van der Waals surface area contributed by atoms with Gasteiger partial charge in [-0.15, -0.1) is 22.7 Å². The summed E-state index contributed by atoms with van der Waals surface area (Å²) in [5, 5.41) is 8.68. The predicted molar refractivity (Wildman–Crippen MR) is 181 cm³/mol. The first-order valence-corrected chi connectivity index (χ1v) is 17.0. The summed E-state index contributed by atoms with van der Waals surface area (Å²) in [7, 11) is 0. The molecule has 0 radical (unpaired) electrons. The van der Waals surface area contributed by atoms with Crippen molar-refractivity contribution in [2.75, 3.05) is 6.61 Å². The maximum atomic E-state index is 13.0. The largest absolute Gasteiger partial charge is 0.449 e. The Kier molecular flexibility index (Phi) is 14.4. The third kappa shape index (κ3) is 11.0. The fourth-order valence-corrected chi connectivity index (χ4v) is 6.71. The minimum atomic E-state index is -4.66. The lowest BCUT2D eigenvalue weighted by Crippen LogP contribution is -2.31. The smallest absolute Gasteiger partial charge is 0.361 e. The van der Waals surface area contributed by atoms with Gasteiger partial charge in [0, 0.05) is 17.7 Å². The molecule has 0 saturated carbocycles. The van der Waals surface area contributed by atoms with Gasteiger partial charge in [0.1, 0.15) is 0 Å². The van der Waals surface area contributed by atoms with Crippen LogP contribution in [0.2, 0.25) is 10.0 Å². The van der Waals surface area contributed by atoms with Crippen LogP contribution in [0.25, 0.3) is 21.8 Å². The monoisotopic (exact) mass is 878 g/mol. The van der Waals surface area contributed by atoms with Crippen LogP contribution < -0.4 is 0 Å². The Morgan fingerprint density at radius 3 is 1.94 bits per heavy atom. The molecular weight excluding hydrogens is 861 g/mol. The standard InChI is InChI=1S/C14H7BrClF3N2S.C12H6BrClO2S.C4H7F3O2/c15-10-6-5-9(22-10)12-11(7-3-1-2-4-8(7)16)20-13(21-12)14(17,18)19;13-10-6-5-9(17-10)12(16)11(15)7-3-1-2-4-8(7)14;1-2-9-3(8)4(5,6)7/h1-6H,(H,20,21);1-6H;3,8H,2H2,1H3. The summed E-state index contributed by atoms with van der Waals surface area (Å²) in [5.41, 5.74) is 1.18. The van der Waals surface area contributed by atoms with Crippen molar-refractivity contribution in [2.24, 2.45) is 0 Å². The number of carbonyl (C=O) groups is 2. The number of aliphatic hydroxyl groups excluding tert-OH is 1. The molecule has 48 heavy (non-hydrogen) atoms. The van der Waals surface area contributed by atoms with Gasteiger partial charge in [0.15, 0.2) is 0 Å². The highest BCUT2D eigenvalue weighted by atomic mass is 79.9. The number of Topliss-reactive ketones (excluding diaryl/α,β-unsaturated/α-hetero) is 2. The first-order chi connectivity index (χ1) is 22.4. The van der Waals surface area contributed by atoms with Gasteiger partial charge in [0.2, 0.25) is 17.4 Å². The minimum Gasteiger partial charge on any atom is -0.361 e. The topological polar surface area (TPSA) is 92.3 Å². The van der Waals surface area contributed by atoms with Crippen molar-refractivity contribution < 1.29 is 45.8 Å². The Hall–Kier alpha value is -2.57. The molecule has 2 aromatic carbocycles. The molecular formula is C30H20Br2Cl2F6N2O4S2. The molecule has 0 saturated heterocycles. The van der Waals surface area contributed by atoms with Crippen LogP contribution >= 0.6 is 77.7 Å². The first kappa shape index (κ1) is 39.9. The summed E-state index contributed by atoms with van der Waals surface area (Å²) in [6, 6.07) is 20.1. The van der Waals surface area contributed by atoms with Crippen molar-refractivity contribution in [3.63, 3.8) is 0 Å². The Balaban J connectivity index is 0.000000214. The number of rotatable bonds is 7. The molecule has 0 aliphatic heterocycles. The third-order valence-corrected chi connectivity index (χ3v) is 9.57. The normalized spacial score (nSPS) is 12.0. The summed E-state index contributed by atoms with van der Waals surface area (Å²) in [6.07, 6.45) is -11.8. The summed E-state index contributed by atoms with van der Waals surface area (Å²) in [5.74, 6) is -2.15. The molecule has 5 aromatic rings. The Morgan fingerprint density at radius 1 is 0.875 bits per heavy atom. The second-order valence-electron chi connectivity index (χ2n) is 8.98. The molecule has 1 atom stereocenters. The zero-order chi connectivity index (χ0) is 35.8. The molecule has 18 heteroatoms. The molecule has 0 fully saturated rings. The second-order valence-corrected chi connectivity index (χ2v) is 14.7. The summed E-state index contributed by atoms with van der Waals surface area (Å²) in [4.78, 5) is 31.0. The number of H-pyrrole nitrogens is 1. The maximum Gasteiger partial charge on any atom is 0.449 e. The van der Waals surface area contributed by atoms with Gasteiger partial charge < -0.3 is 14.8 Å². The van der Waals surface area contributed by atoms with Gasteiger partial charge in [-0.25, -0.2) is 4.98 Å². The Labute approximate surface area is 304 Å². The summed E-state index contributed by atoms with van der Waals surface area (Å²) < 4.78 is 78.2. The molecule has 0 bridgehead atoms. The average Bonchev–Trinajstić information content (AvgIpc) is 3.77. The van der Waals surface area contributed by atoms with E-state index in [0.29, 0.717) is 31.1 Å². The van der Waals surface area contributed by atoms with E-state index >= 15 is 0 Å². The van der Waals surface area contributed by atoms with E-state index in [4.69, 9.17) is 28.3 Å². The van der Waals surface area contributed by atoms with Crippen LogP contribution in [-0.2, 0) is 10.9 Å². The number of imidazole rings is 1. The molecule has 0 aliphatic rings. The van der Waals surface area contributed by atoms with Gasteiger partial charge >= 0.3 is 12.4 Å². The van der Waals surface area contributed by atoms with Gasteiger partial charge in [-0.2, -0.15) is 26.3 Å². The number of hydrogen-bond donors (Lipinski definition) is 2. The number of thiophene rings is 2. The second kappa shape index (κ2) is 17.4. The van der Waals surface area contributed by atoms with Gasteiger partial charge in [-0.3, -0.25) is 9.59 Å². The molecule has 0 aliphatic carbocycles. The van der Waals surface area contributed by atoms with E-state index in [1.165, 1.54) is 29.6 Å². The highest BCUT2D eigenvalue weighted by Gasteiger charge is 2.39. The zero-order valence-corrected chi connectivity index (χ0v) is 30.2. The van der Waals surface area contributed by atoms with Gasteiger partial charge in [-0.05, 0) is 81.2 Å². The number of alkyl halides is 6. The van der Waals surface area contributed by atoms with E-state index in [1.54, 1.807) is 72.8 Å². The zero-order valence-electron chi connectivity index (χ0n) is 23.9. The quantitative estimate of drug-likeness (QED) is 0.0735.